The molecule has 160 valence electrons. The zero-order chi connectivity index (χ0) is 22.3. The molecule has 3 amide bonds. The van der Waals surface area contributed by atoms with Crippen molar-refractivity contribution in [2.45, 2.75) is 51.5 Å². The van der Waals surface area contributed by atoms with Crippen LogP contribution in [0.5, 0.6) is 11.5 Å². The molecule has 0 saturated carbocycles. The molecule has 2 aliphatic rings. The number of carbonyl (C=O) groups excluding carboxylic acids is 3. The maximum atomic E-state index is 13.2. The van der Waals surface area contributed by atoms with Gasteiger partial charge in [-0.3, -0.25) is 19.3 Å². The molecule has 31 heavy (non-hydrogen) atoms. The van der Waals surface area contributed by atoms with Crippen LogP contribution in [-0.4, -0.2) is 28.7 Å². The van der Waals surface area contributed by atoms with Crippen LogP contribution in [0.1, 0.15) is 66.3 Å². The number of hydrogen-bond donors (Lipinski definition) is 1. The number of amides is 3. The highest BCUT2D eigenvalue weighted by Crippen LogP contribution is 2.36. The van der Waals surface area contributed by atoms with E-state index in [9.17, 15) is 14.4 Å². The van der Waals surface area contributed by atoms with Gasteiger partial charge in [0.05, 0.1) is 11.1 Å². The minimum absolute atomic E-state index is 0.0568. The van der Waals surface area contributed by atoms with E-state index in [1.54, 1.807) is 18.2 Å². The first-order chi connectivity index (χ1) is 14.7. The molecule has 6 heteroatoms. The van der Waals surface area contributed by atoms with Crippen molar-refractivity contribution in [3.63, 3.8) is 0 Å². The lowest BCUT2D eigenvalue weighted by atomic mass is 9.82. The Morgan fingerprint density at radius 2 is 1.81 bits per heavy atom. The highest BCUT2D eigenvalue weighted by molar-refractivity contribution is 6.24. The Kier molecular flexibility index (Phi) is 5.17. The number of carbonyl (C=O) groups is 3. The molecule has 1 unspecified atom stereocenters. The third-order valence-electron chi connectivity index (χ3n) is 6.29. The molecule has 1 saturated heterocycles. The lowest BCUT2D eigenvalue weighted by Gasteiger charge is -2.29. The van der Waals surface area contributed by atoms with E-state index >= 15 is 0 Å². The average Bonchev–Trinajstić information content (AvgIpc) is 3.00. The molecular formula is C25H26N2O4. The minimum atomic E-state index is -0.846. The number of imide groups is 1. The molecule has 1 fully saturated rings. The molecule has 2 aliphatic heterocycles. The summed E-state index contributed by atoms with van der Waals surface area (Å²) in [4.78, 5) is 39.6. The summed E-state index contributed by atoms with van der Waals surface area (Å²) in [5.41, 5.74) is 2.30. The van der Waals surface area contributed by atoms with Gasteiger partial charge >= 0.3 is 0 Å². The zero-order valence-corrected chi connectivity index (χ0v) is 18.0. The van der Waals surface area contributed by atoms with Crippen LogP contribution in [0, 0.1) is 0 Å². The number of allylic oxidation sites excluding steroid dienone is 1. The van der Waals surface area contributed by atoms with E-state index in [4.69, 9.17) is 4.74 Å². The van der Waals surface area contributed by atoms with E-state index in [0.717, 1.165) is 11.3 Å². The third-order valence-corrected chi connectivity index (χ3v) is 6.29. The van der Waals surface area contributed by atoms with E-state index in [2.05, 4.69) is 32.7 Å². The van der Waals surface area contributed by atoms with Crippen LogP contribution in [-0.2, 0) is 10.2 Å². The molecule has 0 aromatic heterocycles. The van der Waals surface area contributed by atoms with E-state index in [1.807, 2.05) is 24.3 Å². The van der Waals surface area contributed by atoms with Gasteiger partial charge in [-0.05, 0) is 54.5 Å². The third kappa shape index (κ3) is 3.63. The SMILES string of the molecule is C=C1CCC(N2C(=O)c3cccc(Oc4ccc(C(C)(C)CC)cc4)c3C2=O)C(=O)N1. The van der Waals surface area contributed by atoms with Crippen LogP contribution >= 0.6 is 0 Å². The summed E-state index contributed by atoms with van der Waals surface area (Å²) in [7, 11) is 0. The van der Waals surface area contributed by atoms with Gasteiger partial charge in [-0.1, -0.05) is 45.5 Å². The average molecular weight is 418 g/mol. The van der Waals surface area contributed by atoms with Crippen molar-refractivity contribution in [2.24, 2.45) is 0 Å². The van der Waals surface area contributed by atoms with Gasteiger partial charge in [0.2, 0.25) is 5.91 Å². The number of nitrogens with zero attached hydrogens (tertiary/aromatic N) is 1. The molecule has 1 N–H and O–H groups in total. The summed E-state index contributed by atoms with van der Waals surface area (Å²) in [6, 6.07) is 11.9. The summed E-state index contributed by atoms with van der Waals surface area (Å²) in [5.74, 6) is -0.483. The Morgan fingerprint density at radius 1 is 1.10 bits per heavy atom. The number of piperidine rings is 1. The largest absolute Gasteiger partial charge is 0.457 e. The van der Waals surface area contributed by atoms with Gasteiger partial charge in [-0.25, -0.2) is 0 Å². The highest BCUT2D eigenvalue weighted by Gasteiger charge is 2.45. The first-order valence-corrected chi connectivity index (χ1v) is 10.5. The van der Waals surface area contributed by atoms with Crippen molar-refractivity contribution in [1.29, 1.82) is 0 Å². The summed E-state index contributed by atoms with van der Waals surface area (Å²) < 4.78 is 6.01. The number of fused-ring (bicyclic) bond motifs is 1. The first kappa shape index (κ1) is 20.8. The number of rotatable bonds is 5. The van der Waals surface area contributed by atoms with E-state index in [-0.39, 0.29) is 22.4 Å². The lowest BCUT2D eigenvalue weighted by Crippen LogP contribution is -2.51. The van der Waals surface area contributed by atoms with Gasteiger partial charge < -0.3 is 10.1 Å². The van der Waals surface area contributed by atoms with Crippen molar-refractivity contribution >= 4 is 17.7 Å². The molecule has 0 radical (unpaired) electrons. The quantitative estimate of drug-likeness (QED) is 0.723. The van der Waals surface area contributed by atoms with Gasteiger partial charge in [-0.15, -0.1) is 0 Å². The van der Waals surface area contributed by atoms with Crippen molar-refractivity contribution in [3.05, 3.63) is 71.4 Å². The summed E-state index contributed by atoms with van der Waals surface area (Å²) in [6.45, 7) is 10.3. The van der Waals surface area contributed by atoms with Gasteiger partial charge in [0.1, 0.15) is 17.5 Å². The second-order valence-electron chi connectivity index (χ2n) is 8.67. The topological polar surface area (TPSA) is 75.7 Å². The van der Waals surface area contributed by atoms with E-state index < -0.39 is 17.9 Å². The van der Waals surface area contributed by atoms with Gasteiger partial charge in [-0.2, -0.15) is 0 Å². The highest BCUT2D eigenvalue weighted by atomic mass is 16.5. The van der Waals surface area contributed by atoms with Crippen molar-refractivity contribution in [2.75, 3.05) is 0 Å². The van der Waals surface area contributed by atoms with Gasteiger partial charge in [0.25, 0.3) is 11.8 Å². The summed E-state index contributed by atoms with van der Waals surface area (Å²) >= 11 is 0. The summed E-state index contributed by atoms with van der Waals surface area (Å²) in [6.07, 6.45) is 1.89. The Morgan fingerprint density at radius 3 is 2.45 bits per heavy atom. The molecule has 0 aliphatic carbocycles. The van der Waals surface area contributed by atoms with E-state index in [0.29, 0.717) is 30.0 Å². The molecule has 0 bridgehead atoms. The fraction of sp³-hybridized carbons (Fsp3) is 0.320. The Bertz CT molecular complexity index is 1090. The minimum Gasteiger partial charge on any atom is -0.457 e. The second-order valence-corrected chi connectivity index (χ2v) is 8.67. The molecule has 4 rings (SSSR count). The van der Waals surface area contributed by atoms with Crippen molar-refractivity contribution in [3.8, 4) is 11.5 Å². The number of ether oxygens (including phenoxy) is 1. The number of nitrogens with one attached hydrogen (secondary N) is 1. The molecule has 1 atom stereocenters. The number of benzene rings is 2. The van der Waals surface area contributed by atoms with Gasteiger partial charge in [0.15, 0.2) is 0 Å². The fourth-order valence-electron chi connectivity index (χ4n) is 3.95. The Hall–Kier alpha value is -3.41. The normalized spacial score (nSPS) is 18.8. The second kappa shape index (κ2) is 7.69. The van der Waals surface area contributed by atoms with E-state index in [1.165, 1.54) is 5.56 Å². The van der Waals surface area contributed by atoms with Crippen LogP contribution in [0.4, 0.5) is 0 Å². The Labute approximate surface area is 181 Å². The smallest absolute Gasteiger partial charge is 0.266 e. The maximum absolute atomic E-state index is 13.2. The summed E-state index contributed by atoms with van der Waals surface area (Å²) in [5, 5.41) is 2.64. The molecule has 2 heterocycles. The van der Waals surface area contributed by atoms with Crippen LogP contribution in [0.2, 0.25) is 0 Å². The predicted octanol–water partition coefficient (Wildman–Crippen LogP) is 4.55. The Balaban J connectivity index is 1.62. The fourth-order valence-corrected chi connectivity index (χ4v) is 3.95. The molecular weight excluding hydrogens is 392 g/mol. The van der Waals surface area contributed by atoms with Gasteiger partial charge in [0, 0.05) is 5.70 Å². The van der Waals surface area contributed by atoms with Crippen LogP contribution in [0.15, 0.2) is 54.7 Å². The van der Waals surface area contributed by atoms with Crippen molar-refractivity contribution < 1.29 is 19.1 Å². The molecule has 2 aromatic rings. The maximum Gasteiger partial charge on any atom is 0.266 e. The van der Waals surface area contributed by atoms with Crippen LogP contribution < -0.4 is 10.1 Å². The zero-order valence-electron chi connectivity index (χ0n) is 18.0. The molecule has 2 aromatic carbocycles. The van der Waals surface area contributed by atoms with Crippen molar-refractivity contribution in [1.82, 2.24) is 10.2 Å². The monoisotopic (exact) mass is 418 g/mol. The van der Waals surface area contributed by atoms with Crippen LogP contribution in [0.3, 0.4) is 0 Å². The van der Waals surface area contributed by atoms with Crippen LogP contribution in [0.25, 0.3) is 0 Å². The first-order valence-electron chi connectivity index (χ1n) is 10.5. The lowest BCUT2D eigenvalue weighted by molar-refractivity contribution is -0.125. The predicted molar refractivity (Wildman–Crippen MR) is 117 cm³/mol. The number of hydrogen-bond acceptors (Lipinski definition) is 4. The standard InChI is InChI=1S/C25H26N2O4/c1-5-25(3,4)16-10-12-17(13-11-16)31-20-8-6-7-18-21(20)24(30)27(23(18)29)19-14-9-15(2)26-22(19)28/h6-8,10-13,19H,2,5,9,14H2,1,3-4H3,(H,26,28). The molecule has 6 nitrogen and oxygen atoms in total. The molecule has 0 spiro atoms.